The van der Waals surface area contributed by atoms with E-state index in [0.29, 0.717) is 10.7 Å². The SMILES string of the molecule is Cl.O=C(NC(c1ccccc1)c1ccc(Cl)cc1)c1cn(C2CCNCC2)nn1. The van der Waals surface area contributed by atoms with Gasteiger partial charge in [-0.1, -0.05) is 59.3 Å². The average Bonchev–Trinajstić information content (AvgIpc) is 3.24. The highest BCUT2D eigenvalue weighted by atomic mass is 35.5. The van der Waals surface area contributed by atoms with Gasteiger partial charge in [-0.2, -0.15) is 0 Å². The van der Waals surface area contributed by atoms with E-state index in [1.165, 1.54) is 0 Å². The molecule has 1 aromatic heterocycles. The Kier molecular flexibility index (Phi) is 7.25. The van der Waals surface area contributed by atoms with Crippen LogP contribution >= 0.6 is 24.0 Å². The third-order valence-corrected chi connectivity index (χ3v) is 5.29. The minimum Gasteiger partial charge on any atom is -0.340 e. The lowest BCUT2D eigenvalue weighted by Crippen LogP contribution is -2.30. The van der Waals surface area contributed by atoms with Crippen molar-refractivity contribution in [2.45, 2.75) is 24.9 Å². The number of rotatable bonds is 5. The zero-order valence-corrected chi connectivity index (χ0v) is 17.4. The molecule has 1 saturated heterocycles. The van der Waals surface area contributed by atoms with Crippen LogP contribution in [-0.4, -0.2) is 34.0 Å². The Morgan fingerprint density at radius 1 is 1.07 bits per heavy atom. The lowest BCUT2D eigenvalue weighted by atomic mass is 9.98. The van der Waals surface area contributed by atoms with Crippen molar-refractivity contribution in [2.24, 2.45) is 0 Å². The third kappa shape index (κ3) is 5.15. The highest BCUT2D eigenvalue weighted by Gasteiger charge is 2.22. The minimum atomic E-state index is -0.296. The van der Waals surface area contributed by atoms with Crippen LogP contribution in [-0.2, 0) is 0 Å². The predicted molar refractivity (Wildman–Crippen MR) is 116 cm³/mol. The molecule has 2 heterocycles. The molecule has 2 aromatic carbocycles. The minimum absolute atomic E-state index is 0. The van der Waals surface area contributed by atoms with E-state index in [9.17, 15) is 4.79 Å². The number of nitrogens with one attached hydrogen (secondary N) is 2. The number of nitrogens with zero attached hydrogens (tertiary/aromatic N) is 3. The van der Waals surface area contributed by atoms with Crippen LogP contribution in [0.15, 0.2) is 60.8 Å². The Bertz CT molecular complexity index is 924. The van der Waals surface area contributed by atoms with Crippen molar-refractivity contribution in [1.29, 1.82) is 0 Å². The van der Waals surface area contributed by atoms with Gasteiger partial charge in [0.1, 0.15) is 0 Å². The highest BCUT2D eigenvalue weighted by Crippen LogP contribution is 2.24. The van der Waals surface area contributed by atoms with Gasteiger partial charge in [-0.05, 0) is 49.2 Å². The maximum absolute atomic E-state index is 12.9. The van der Waals surface area contributed by atoms with Gasteiger partial charge in [0.2, 0.25) is 0 Å². The van der Waals surface area contributed by atoms with Gasteiger partial charge in [-0.25, -0.2) is 4.68 Å². The fourth-order valence-corrected chi connectivity index (χ4v) is 3.62. The molecule has 29 heavy (non-hydrogen) atoms. The second-order valence-electron chi connectivity index (χ2n) is 6.93. The quantitative estimate of drug-likeness (QED) is 0.644. The summed E-state index contributed by atoms with van der Waals surface area (Å²) in [5.41, 5.74) is 2.27. The summed E-state index contributed by atoms with van der Waals surface area (Å²) in [4.78, 5) is 12.9. The monoisotopic (exact) mass is 431 g/mol. The molecule has 3 aromatic rings. The van der Waals surface area contributed by atoms with Crippen LogP contribution in [0.1, 0.15) is 46.5 Å². The number of carbonyl (C=O) groups excluding carboxylic acids is 1. The highest BCUT2D eigenvalue weighted by molar-refractivity contribution is 6.30. The van der Waals surface area contributed by atoms with Crippen LogP contribution < -0.4 is 10.6 Å². The molecule has 6 nitrogen and oxygen atoms in total. The summed E-state index contributed by atoms with van der Waals surface area (Å²) in [5.74, 6) is -0.246. The summed E-state index contributed by atoms with van der Waals surface area (Å²) >= 11 is 6.03. The normalized spacial score (nSPS) is 15.3. The summed E-state index contributed by atoms with van der Waals surface area (Å²) in [7, 11) is 0. The average molecular weight is 432 g/mol. The second-order valence-corrected chi connectivity index (χ2v) is 7.37. The molecule has 1 aliphatic rings. The summed E-state index contributed by atoms with van der Waals surface area (Å²) in [6, 6.07) is 17.3. The molecule has 2 N–H and O–H groups in total. The number of hydrogen-bond donors (Lipinski definition) is 2. The molecule has 152 valence electrons. The Morgan fingerprint density at radius 3 is 2.41 bits per heavy atom. The van der Waals surface area contributed by atoms with Gasteiger partial charge in [0.25, 0.3) is 5.91 Å². The van der Waals surface area contributed by atoms with Gasteiger partial charge in [0.15, 0.2) is 5.69 Å². The van der Waals surface area contributed by atoms with Crippen LogP contribution in [0.3, 0.4) is 0 Å². The molecule has 1 aliphatic heterocycles. The van der Waals surface area contributed by atoms with Crippen molar-refractivity contribution in [2.75, 3.05) is 13.1 Å². The Morgan fingerprint density at radius 2 is 1.72 bits per heavy atom. The van der Waals surface area contributed by atoms with Gasteiger partial charge in [-0.15, -0.1) is 17.5 Å². The zero-order valence-electron chi connectivity index (χ0n) is 15.8. The van der Waals surface area contributed by atoms with E-state index in [1.807, 2.05) is 59.3 Å². The fraction of sp³-hybridized carbons (Fsp3) is 0.286. The molecule has 0 saturated carbocycles. The van der Waals surface area contributed by atoms with Crippen LogP contribution in [0.2, 0.25) is 5.02 Å². The van der Waals surface area contributed by atoms with E-state index in [1.54, 1.807) is 6.20 Å². The Balaban J connectivity index is 0.00000240. The van der Waals surface area contributed by atoms with E-state index in [2.05, 4.69) is 20.9 Å². The van der Waals surface area contributed by atoms with Gasteiger partial charge in [-0.3, -0.25) is 4.79 Å². The lowest BCUT2D eigenvalue weighted by Gasteiger charge is -2.22. The molecule has 4 rings (SSSR count). The Hall–Kier alpha value is -2.41. The van der Waals surface area contributed by atoms with E-state index in [0.717, 1.165) is 37.1 Å². The van der Waals surface area contributed by atoms with Gasteiger partial charge < -0.3 is 10.6 Å². The zero-order chi connectivity index (χ0) is 19.3. The van der Waals surface area contributed by atoms with Gasteiger partial charge >= 0.3 is 0 Å². The number of amides is 1. The van der Waals surface area contributed by atoms with Gasteiger partial charge in [0, 0.05) is 5.02 Å². The van der Waals surface area contributed by atoms with Crippen LogP contribution in [0.5, 0.6) is 0 Å². The molecule has 0 aliphatic carbocycles. The van der Waals surface area contributed by atoms with Crippen molar-refractivity contribution < 1.29 is 4.79 Å². The summed E-state index contributed by atoms with van der Waals surface area (Å²) in [6.45, 7) is 1.91. The smallest absolute Gasteiger partial charge is 0.274 e. The van der Waals surface area contributed by atoms with Crippen LogP contribution in [0.25, 0.3) is 0 Å². The standard InChI is InChI=1S/C21H22ClN5O.ClH/c22-17-8-6-16(7-9-17)20(15-4-2-1-3-5-15)24-21(28)19-14-27(26-25-19)18-10-12-23-13-11-18;/h1-9,14,18,20,23H,10-13H2,(H,24,28);1H. The summed E-state index contributed by atoms with van der Waals surface area (Å²) < 4.78 is 1.82. The second kappa shape index (κ2) is 9.87. The van der Waals surface area contributed by atoms with Crippen molar-refractivity contribution in [1.82, 2.24) is 25.6 Å². The van der Waals surface area contributed by atoms with Crippen molar-refractivity contribution in [3.63, 3.8) is 0 Å². The Labute approximate surface area is 181 Å². The first-order chi connectivity index (χ1) is 13.7. The first-order valence-electron chi connectivity index (χ1n) is 9.44. The van der Waals surface area contributed by atoms with Crippen molar-refractivity contribution in [3.8, 4) is 0 Å². The van der Waals surface area contributed by atoms with Gasteiger partial charge in [0.05, 0.1) is 18.3 Å². The number of carbonyl (C=O) groups is 1. The predicted octanol–water partition coefficient (Wildman–Crippen LogP) is 3.80. The topological polar surface area (TPSA) is 71.8 Å². The summed E-state index contributed by atoms with van der Waals surface area (Å²) in [5, 5.41) is 15.4. The largest absolute Gasteiger partial charge is 0.340 e. The number of hydrogen-bond acceptors (Lipinski definition) is 4. The molecule has 1 unspecified atom stereocenters. The fourth-order valence-electron chi connectivity index (χ4n) is 3.50. The lowest BCUT2D eigenvalue weighted by molar-refractivity contribution is 0.0938. The van der Waals surface area contributed by atoms with E-state index >= 15 is 0 Å². The molecular formula is C21H23Cl2N5O. The molecular weight excluding hydrogens is 409 g/mol. The molecule has 1 atom stereocenters. The van der Waals surface area contributed by atoms with E-state index in [4.69, 9.17) is 11.6 Å². The summed E-state index contributed by atoms with van der Waals surface area (Å²) in [6.07, 6.45) is 3.72. The number of halogens is 2. The number of benzene rings is 2. The van der Waals surface area contributed by atoms with E-state index in [-0.39, 0.29) is 30.4 Å². The number of piperidine rings is 1. The maximum atomic E-state index is 12.9. The van der Waals surface area contributed by atoms with Crippen LogP contribution in [0.4, 0.5) is 0 Å². The molecule has 1 fully saturated rings. The number of aromatic nitrogens is 3. The molecule has 0 spiro atoms. The third-order valence-electron chi connectivity index (χ3n) is 5.04. The molecule has 0 bridgehead atoms. The van der Waals surface area contributed by atoms with Crippen LogP contribution in [0, 0.1) is 0 Å². The first kappa shape index (κ1) is 21.3. The van der Waals surface area contributed by atoms with Crippen molar-refractivity contribution in [3.05, 3.63) is 82.6 Å². The maximum Gasteiger partial charge on any atom is 0.274 e. The molecule has 1 amide bonds. The molecule has 8 heteroatoms. The van der Waals surface area contributed by atoms with E-state index < -0.39 is 0 Å². The first-order valence-corrected chi connectivity index (χ1v) is 9.82. The van der Waals surface area contributed by atoms with Crippen molar-refractivity contribution >= 4 is 29.9 Å². The molecule has 0 radical (unpaired) electrons.